The summed E-state index contributed by atoms with van der Waals surface area (Å²) in [6.45, 7) is 0. The molecule has 0 unspecified atom stereocenters. The van der Waals surface area contributed by atoms with Crippen LogP contribution in [0.5, 0.6) is 0 Å². The predicted molar refractivity (Wildman–Crippen MR) is 85.7 cm³/mol. The number of aryl methyl sites for hydroxylation is 1. The highest BCUT2D eigenvalue weighted by atomic mass is 19.1. The van der Waals surface area contributed by atoms with Crippen molar-refractivity contribution in [3.05, 3.63) is 53.9 Å². The first-order chi connectivity index (χ1) is 11.5. The van der Waals surface area contributed by atoms with Gasteiger partial charge in [0.25, 0.3) is 5.91 Å². The van der Waals surface area contributed by atoms with Gasteiger partial charge in [-0.1, -0.05) is 6.07 Å². The topological polar surface area (TPSA) is 58.4 Å². The van der Waals surface area contributed by atoms with Crippen LogP contribution in [-0.4, -0.2) is 37.5 Å². The van der Waals surface area contributed by atoms with Crippen LogP contribution >= 0.6 is 0 Å². The highest BCUT2D eigenvalue weighted by Crippen LogP contribution is 2.45. The van der Waals surface area contributed by atoms with Crippen molar-refractivity contribution in [1.29, 1.82) is 0 Å². The number of hydrogen-bond acceptors (Lipinski definition) is 3. The molecule has 4 rings (SSSR count). The zero-order chi connectivity index (χ0) is 16.9. The van der Waals surface area contributed by atoms with Crippen molar-refractivity contribution >= 4 is 5.91 Å². The summed E-state index contributed by atoms with van der Waals surface area (Å²) >= 11 is 0. The maximum absolute atomic E-state index is 13.4. The second-order valence-electron chi connectivity index (χ2n) is 6.91. The number of aliphatic hydroxyl groups is 1. The minimum Gasteiger partial charge on any atom is -0.382 e. The Balaban J connectivity index is 1.62. The molecule has 1 N–H and O–H groups in total. The van der Waals surface area contributed by atoms with Gasteiger partial charge in [0.2, 0.25) is 0 Å². The molecule has 6 heteroatoms. The number of nitrogens with zero attached hydrogens (tertiary/aromatic N) is 3. The van der Waals surface area contributed by atoms with Gasteiger partial charge in [-0.2, -0.15) is 0 Å². The molecule has 2 saturated heterocycles. The van der Waals surface area contributed by atoms with E-state index in [0.717, 1.165) is 12.8 Å². The molecule has 2 aliphatic rings. The van der Waals surface area contributed by atoms with E-state index in [1.807, 2.05) is 22.7 Å². The van der Waals surface area contributed by atoms with Crippen molar-refractivity contribution in [2.24, 2.45) is 7.05 Å². The molecule has 126 valence electrons. The standard InChI is InChI=1S/C18H20FN3O2/c1-21-8-7-20-17(21)18(24)10-14-5-6-15(11-18)22(14)16(23)12-3-2-4-13(19)9-12/h2-4,7-9,14-15,24H,5-6,10-11H2,1H3/t14-,15-/m1/s1. The van der Waals surface area contributed by atoms with E-state index in [-0.39, 0.29) is 18.0 Å². The van der Waals surface area contributed by atoms with Crippen molar-refractivity contribution in [2.45, 2.75) is 43.4 Å². The summed E-state index contributed by atoms with van der Waals surface area (Å²) in [5.41, 5.74) is -0.641. The third-order valence-electron chi connectivity index (χ3n) is 5.31. The van der Waals surface area contributed by atoms with Crippen LogP contribution in [0.3, 0.4) is 0 Å². The average Bonchev–Trinajstić information content (AvgIpc) is 3.09. The lowest BCUT2D eigenvalue weighted by atomic mass is 9.85. The van der Waals surface area contributed by atoms with E-state index in [4.69, 9.17) is 0 Å². The van der Waals surface area contributed by atoms with Crippen molar-refractivity contribution in [3.8, 4) is 0 Å². The van der Waals surface area contributed by atoms with E-state index in [1.165, 1.54) is 12.1 Å². The van der Waals surface area contributed by atoms with Crippen LogP contribution in [0.2, 0.25) is 0 Å². The largest absolute Gasteiger partial charge is 0.382 e. The van der Waals surface area contributed by atoms with Crippen LogP contribution in [0, 0.1) is 5.82 Å². The molecule has 0 aliphatic carbocycles. The van der Waals surface area contributed by atoms with Crippen molar-refractivity contribution in [2.75, 3.05) is 0 Å². The molecule has 2 atom stereocenters. The van der Waals surface area contributed by atoms with Crippen LogP contribution in [0.4, 0.5) is 4.39 Å². The monoisotopic (exact) mass is 329 g/mol. The Labute approximate surface area is 139 Å². The number of aromatic nitrogens is 2. The molecule has 0 saturated carbocycles. The predicted octanol–water partition coefficient (Wildman–Crippen LogP) is 2.21. The molecule has 2 fully saturated rings. The van der Waals surface area contributed by atoms with Gasteiger partial charge in [0.15, 0.2) is 0 Å². The first-order valence-corrected chi connectivity index (χ1v) is 8.26. The van der Waals surface area contributed by atoms with Gasteiger partial charge in [-0.3, -0.25) is 4.79 Å². The molecule has 24 heavy (non-hydrogen) atoms. The van der Waals surface area contributed by atoms with E-state index < -0.39 is 11.4 Å². The molecule has 1 aromatic carbocycles. The van der Waals surface area contributed by atoms with Crippen LogP contribution in [0.15, 0.2) is 36.7 Å². The zero-order valence-electron chi connectivity index (χ0n) is 13.5. The van der Waals surface area contributed by atoms with Gasteiger partial charge in [0.05, 0.1) is 0 Å². The van der Waals surface area contributed by atoms with Gasteiger partial charge in [-0.25, -0.2) is 9.37 Å². The summed E-state index contributed by atoms with van der Waals surface area (Å²) in [6.07, 6.45) is 6.15. The number of carbonyl (C=O) groups excluding carboxylic acids is 1. The third kappa shape index (κ3) is 2.33. The minimum atomic E-state index is -1.01. The lowest BCUT2D eigenvalue weighted by Crippen LogP contribution is -2.52. The van der Waals surface area contributed by atoms with Gasteiger partial charge in [0.1, 0.15) is 17.2 Å². The molecule has 5 nitrogen and oxygen atoms in total. The van der Waals surface area contributed by atoms with Gasteiger partial charge in [-0.15, -0.1) is 0 Å². The lowest BCUT2D eigenvalue weighted by Gasteiger charge is -2.43. The molecular formula is C18H20FN3O2. The lowest BCUT2D eigenvalue weighted by molar-refractivity contribution is -0.0555. The fraction of sp³-hybridized carbons (Fsp3) is 0.444. The van der Waals surface area contributed by atoms with Crippen molar-refractivity contribution < 1.29 is 14.3 Å². The maximum Gasteiger partial charge on any atom is 0.254 e. The Kier molecular flexibility index (Phi) is 3.46. The summed E-state index contributed by atoms with van der Waals surface area (Å²) < 4.78 is 15.3. The minimum absolute atomic E-state index is 0.0405. The van der Waals surface area contributed by atoms with Crippen LogP contribution < -0.4 is 0 Å². The number of piperidine rings is 1. The summed E-state index contributed by atoms with van der Waals surface area (Å²) in [6, 6.07) is 5.73. The molecule has 2 bridgehead atoms. The molecule has 2 aromatic rings. The Morgan fingerprint density at radius 1 is 1.33 bits per heavy atom. The molecule has 0 spiro atoms. The molecule has 0 radical (unpaired) electrons. The fourth-order valence-corrected chi connectivity index (χ4v) is 4.32. The van der Waals surface area contributed by atoms with E-state index in [9.17, 15) is 14.3 Å². The molecule has 1 amide bonds. The van der Waals surface area contributed by atoms with Crippen molar-refractivity contribution in [3.63, 3.8) is 0 Å². The van der Waals surface area contributed by atoms with E-state index in [0.29, 0.717) is 24.2 Å². The SMILES string of the molecule is Cn1ccnc1C1(O)C[C@H]2CC[C@H](C1)N2C(=O)c1cccc(F)c1. The number of carbonyl (C=O) groups is 1. The van der Waals surface area contributed by atoms with Gasteiger partial charge in [0, 0.05) is 49.9 Å². The number of hydrogen-bond donors (Lipinski definition) is 1. The van der Waals surface area contributed by atoms with Crippen LogP contribution in [0.1, 0.15) is 41.9 Å². The number of halogens is 1. The van der Waals surface area contributed by atoms with Gasteiger partial charge >= 0.3 is 0 Å². The fourth-order valence-electron chi connectivity index (χ4n) is 4.32. The van der Waals surface area contributed by atoms with E-state index >= 15 is 0 Å². The first-order valence-electron chi connectivity index (χ1n) is 8.26. The number of fused-ring (bicyclic) bond motifs is 2. The Bertz CT molecular complexity index is 774. The summed E-state index contributed by atoms with van der Waals surface area (Å²) in [5.74, 6) is 0.0934. The van der Waals surface area contributed by atoms with Gasteiger partial charge < -0.3 is 14.6 Å². The quantitative estimate of drug-likeness (QED) is 0.919. The third-order valence-corrected chi connectivity index (χ3v) is 5.31. The second kappa shape index (κ2) is 5.41. The molecule has 1 aromatic heterocycles. The summed E-state index contributed by atoms with van der Waals surface area (Å²) in [5, 5.41) is 11.1. The Morgan fingerprint density at radius 2 is 2.04 bits per heavy atom. The van der Waals surface area contributed by atoms with Crippen LogP contribution in [-0.2, 0) is 12.6 Å². The molecule has 3 heterocycles. The average molecular weight is 329 g/mol. The maximum atomic E-state index is 13.4. The smallest absolute Gasteiger partial charge is 0.254 e. The Hall–Kier alpha value is -2.21. The summed E-state index contributed by atoms with van der Waals surface area (Å²) in [4.78, 5) is 19.0. The first kappa shape index (κ1) is 15.3. The van der Waals surface area contributed by atoms with Crippen LogP contribution in [0.25, 0.3) is 0 Å². The normalized spacial score (nSPS) is 29.0. The number of amides is 1. The van der Waals surface area contributed by atoms with Gasteiger partial charge in [-0.05, 0) is 31.0 Å². The highest BCUT2D eigenvalue weighted by Gasteiger charge is 2.51. The number of rotatable bonds is 2. The summed E-state index contributed by atoms with van der Waals surface area (Å²) in [7, 11) is 1.87. The number of benzene rings is 1. The number of imidazole rings is 1. The van der Waals surface area contributed by atoms with E-state index in [2.05, 4.69) is 4.98 Å². The zero-order valence-corrected chi connectivity index (χ0v) is 13.5. The Morgan fingerprint density at radius 3 is 2.62 bits per heavy atom. The van der Waals surface area contributed by atoms with E-state index in [1.54, 1.807) is 18.3 Å². The second-order valence-corrected chi connectivity index (χ2v) is 6.91. The molecular weight excluding hydrogens is 309 g/mol. The highest BCUT2D eigenvalue weighted by molar-refractivity contribution is 5.95. The van der Waals surface area contributed by atoms with Crippen molar-refractivity contribution in [1.82, 2.24) is 14.5 Å². The molecule has 2 aliphatic heterocycles.